The first-order chi connectivity index (χ1) is 9.65. The van der Waals surface area contributed by atoms with Crippen molar-refractivity contribution in [2.24, 2.45) is 0 Å². The largest absolute Gasteiger partial charge is 0.481 e. The van der Waals surface area contributed by atoms with Gasteiger partial charge in [0.2, 0.25) is 0 Å². The minimum Gasteiger partial charge on any atom is -0.481 e. The summed E-state index contributed by atoms with van der Waals surface area (Å²) in [5.41, 5.74) is 1.66. The van der Waals surface area contributed by atoms with Gasteiger partial charge in [-0.2, -0.15) is 0 Å². The second kappa shape index (κ2) is 6.65. The third-order valence-corrected chi connectivity index (χ3v) is 2.61. The van der Waals surface area contributed by atoms with Crippen LogP contribution in [-0.2, 0) is 11.3 Å². The molecule has 0 radical (unpaired) electrons. The highest BCUT2D eigenvalue weighted by atomic mass is 19.1. The van der Waals surface area contributed by atoms with E-state index in [0.717, 1.165) is 11.4 Å². The Kier molecular flexibility index (Phi) is 4.65. The van der Waals surface area contributed by atoms with Crippen molar-refractivity contribution in [3.8, 4) is 5.75 Å². The average Bonchev–Trinajstić information content (AvgIpc) is 2.44. The lowest BCUT2D eigenvalue weighted by atomic mass is 10.3. The Morgan fingerprint density at radius 1 is 1.25 bits per heavy atom. The number of para-hydroxylation sites is 1. The normalized spacial score (nSPS) is 10.1. The summed E-state index contributed by atoms with van der Waals surface area (Å²) in [4.78, 5) is 15.9. The van der Waals surface area contributed by atoms with Crippen molar-refractivity contribution in [3.05, 3.63) is 59.7 Å². The summed E-state index contributed by atoms with van der Waals surface area (Å²) in [7, 11) is 0. The van der Waals surface area contributed by atoms with E-state index in [9.17, 15) is 9.18 Å². The monoisotopic (exact) mass is 274 g/mol. The summed E-state index contributed by atoms with van der Waals surface area (Å²) in [6.07, 6.45) is 0. The smallest absolute Gasteiger partial charge is 0.258 e. The molecular formula is C15H15FN2O2. The van der Waals surface area contributed by atoms with E-state index in [0.29, 0.717) is 6.54 Å². The molecule has 4 nitrogen and oxygen atoms in total. The van der Waals surface area contributed by atoms with E-state index in [-0.39, 0.29) is 18.3 Å². The van der Waals surface area contributed by atoms with Crippen LogP contribution in [0.2, 0.25) is 0 Å². The average molecular weight is 274 g/mol. The fraction of sp³-hybridized carbons (Fsp3) is 0.200. The Balaban J connectivity index is 1.80. The zero-order valence-corrected chi connectivity index (χ0v) is 11.1. The van der Waals surface area contributed by atoms with Gasteiger partial charge >= 0.3 is 0 Å². The fourth-order valence-corrected chi connectivity index (χ4v) is 1.64. The number of nitrogens with one attached hydrogen (secondary N) is 1. The maximum Gasteiger partial charge on any atom is 0.258 e. The summed E-state index contributed by atoms with van der Waals surface area (Å²) in [6, 6.07) is 11.5. The molecule has 20 heavy (non-hydrogen) atoms. The number of aromatic nitrogens is 1. The quantitative estimate of drug-likeness (QED) is 0.909. The van der Waals surface area contributed by atoms with E-state index >= 15 is 0 Å². The number of rotatable bonds is 5. The molecule has 0 unspecified atom stereocenters. The number of hydrogen-bond donors (Lipinski definition) is 1. The van der Waals surface area contributed by atoms with Crippen LogP contribution in [-0.4, -0.2) is 17.5 Å². The number of halogens is 1. The summed E-state index contributed by atoms with van der Waals surface area (Å²) in [5.74, 6) is -0.742. The van der Waals surface area contributed by atoms with Crippen molar-refractivity contribution < 1.29 is 13.9 Å². The first kappa shape index (κ1) is 14.0. The van der Waals surface area contributed by atoms with E-state index in [4.69, 9.17) is 4.74 Å². The highest BCUT2D eigenvalue weighted by molar-refractivity contribution is 5.77. The van der Waals surface area contributed by atoms with Crippen LogP contribution in [0.3, 0.4) is 0 Å². The summed E-state index contributed by atoms with van der Waals surface area (Å²) < 4.78 is 18.4. The van der Waals surface area contributed by atoms with Crippen LogP contribution in [0.15, 0.2) is 42.5 Å². The van der Waals surface area contributed by atoms with E-state index in [1.54, 1.807) is 12.1 Å². The van der Waals surface area contributed by atoms with Gasteiger partial charge in [-0.25, -0.2) is 4.39 Å². The van der Waals surface area contributed by atoms with Crippen molar-refractivity contribution in [2.45, 2.75) is 13.5 Å². The molecule has 0 spiro atoms. The van der Waals surface area contributed by atoms with Crippen LogP contribution in [0.4, 0.5) is 4.39 Å². The lowest BCUT2D eigenvalue weighted by molar-refractivity contribution is -0.123. The molecule has 0 atom stereocenters. The van der Waals surface area contributed by atoms with Crippen LogP contribution in [0.25, 0.3) is 0 Å². The highest BCUT2D eigenvalue weighted by Crippen LogP contribution is 2.14. The van der Waals surface area contributed by atoms with Gasteiger partial charge in [-0.05, 0) is 31.2 Å². The number of nitrogens with zero attached hydrogens (tertiary/aromatic N) is 1. The molecule has 5 heteroatoms. The number of carbonyl (C=O) groups excluding carboxylic acids is 1. The molecule has 0 fully saturated rings. The highest BCUT2D eigenvalue weighted by Gasteiger charge is 2.06. The topological polar surface area (TPSA) is 51.2 Å². The molecule has 1 aromatic heterocycles. The van der Waals surface area contributed by atoms with Gasteiger partial charge in [0, 0.05) is 5.69 Å². The summed E-state index contributed by atoms with van der Waals surface area (Å²) in [5, 5.41) is 2.67. The Bertz CT molecular complexity index is 602. The molecule has 1 amide bonds. The summed E-state index contributed by atoms with van der Waals surface area (Å²) in [6.45, 7) is 1.97. The van der Waals surface area contributed by atoms with Gasteiger partial charge in [-0.3, -0.25) is 9.78 Å². The maximum absolute atomic E-state index is 13.3. The molecule has 0 bridgehead atoms. The molecule has 104 valence electrons. The molecule has 2 rings (SSSR count). The van der Waals surface area contributed by atoms with Crippen LogP contribution >= 0.6 is 0 Å². The Labute approximate surface area is 116 Å². The third-order valence-electron chi connectivity index (χ3n) is 2.61. The Morgan fingerprint density at radius 3 is 2.80 bits per heavy atom. The maximum atomic E-state index is 13.3. The molecule has 0 aliphatic heterocycles. The van der Waals surface area contributed by atoms with Crippen molar-refractivity contribution >= 4 is 5.91 Å². The predicted octanol–water partition coefficient (Wildman–Crippen LogP) is 2.22. The molecule has 0 aliphatic rings. The van der Waals surface area contributed by atoms with Gasteiger partial charge in [-0.1, -0.05) is 18.2 Å². The lowest BCUT2D eigenvalue weighted by Gasteiger charge is -2.08. The van der Waals surface area contributed by atoms with Crippen LogP contribution in [0, 0.1) is 12.7 Å². The number of benzene rings is 1. The van der Waals surface area contributed by atoms with Crippen LogP contribution < -0.4 is 10.1 Å². The first-order valence-corrected chi connectivity index (χ1v) is 6.22. The van der Waals surface area contributed by atoms with Crippen molar-refractivity contribution in [1.82, 2.24) is 10.3 Å². The number of ether oxygens (including phenoxy) is 1. The number of carbonyl (C=O) groups is 1. The number of aryl methyl sites for hydroxylation is 1. The van der Waals surface area contributed by atoms with Gasteiger partial charge < -0.3 is 10.1 Å². The number of pyridine rings is 1. The van der Waals surface area contributed by atoms with Crippen molar-refractivity contribution in [2.75, 3.05) is 6.61 Å². The van der Waals surface area contributed by atoms with Gasteiger partial charge in [0.25, 0.3) is 5.91 Å². The first-order valence-electron chi connectivity index (χ1n) is 6.22. The molecule has 0 aliphatic carbocycles. The zero-order chi connectivity index (χ0) is 14.4. The van der Waals surface area contributed by atoms with E-state index < -0.39 is 5.82 Å². The van der Waals surface area contributed by atoms with Gasteiger partial charge in [0.15, 0.2) is 18.2 Å². The SMILES string of the molecule is Cc1cccc(CNC(=O)COc2ccccc2F)n1. The predicted molar refractivity (Wildman–Crippen MR) is 72.7 cm³/mol. The number of hydrogen-bond acceptors (Lipinski definition) is 3. The molecule has 1 heterocycles. The lowest BCUT2D eigenvalue weighted by Crippen LogP contribution is -2.28. The van der Waals surface area contributed by atoms with E-state index in [1.165, 1.54) is 12.1 Å². The minimum absolute atomic E-state index is 0.0660. The Morgan fingerprint density at radius 2 is 2.05 bits per heavy atom. The van der Waals surface area contributed by atoms with Gasteiger partial charge in [0.05, 0.1) is 12.2 Å². The summed E-state index contributed by atoms with van der Waals surface area (Å²) >= 11 is 0. The van der Waals surface area contributed by atoms with Gasteiger partial charge in [-0.15, -0.1) is 0 Å². The molecule has 0 saturated carbocycles. The standard InChI is InChI=1S/C15H15FN2O2/c1-11-5-4-6-12(18-11)9-17-15(19)10-20-14-8-3-2-7-13(14)16/h2-8H,9-10H2,1H3,(H,17,19). The zero-order valence-electron chi connectivity index (χ0n) is 11.1. The molecule has 1 aromatic carbocycles. The van der Waals surface area contributed by atoms with Crippen LogP contribution in [0.1, 0.15) is 11.4 Å². The van der Waals surface area contributed by atoms with E-state index in [2.05, 4.69) is 10.3 Å². The fourth-order valence-electron chi connectivity index (χ4n) is 1.64. The second-order valence-corrected chi connectivity index (χ2v) is 4.27. The molecular weight excluding hydrogens is 259 g/mol. The van der Waals surface area contributed by atoms with Crippen LogP contribution in [0.5, 0.6) is 5.75 Å². The molecule has 0 saturated heterocycles. The third kappa shape index (κ3) is 4.05. The Hall–Kier alpha value is -2.43. The number of amides is 1. The molecule has 1 N–H and O–H groups in total. The van der Waals surface area contributed by atoms with Crippen molar-refractivity contribution in [3.63, 3.8) is 0 Å². The van der Waals surface area contributed by atoms with Gasteiger partial charge in [0.1, 0.15) is 0 Å². The van der Waals surface area contributed by atoms with E-state index in [1.807, 2.05) is 25.1 Å². The van der Waals surface area contributed by atoms with Crippen molar-refractivity contribution in [1.29, 1.82) is 0 Å². The minimum atomic E-state index is -0.486. The molecule has 2 aromatic rings. The second-order valence-electron chi connectivity index (χ2n) is 4.27.